The van der Waals surface area contributed by atoms with Crippen LogP contribution < -0.4 is 14.8 Å². The van der Waals surface area contributed by atoms with E-state index in [4.69, 9.17) is 9.47 Å². The molecule has 1 amide bonds. The van der Waals surface area contributed by atoms with Gasteiger partial charge in [-0.25, -0.2) is 0 Å². The molecule has 1 atom stereocenters. The highest BCUT2D eigenvalue weighted by Gasteiger charge is 2.07. The molecule has 1 N–H and O–H groups in total. The predicted molar refractivity (Wildman–Crippen MR) is 94.9 cm³/mol. The van der Waals surface area contributed by atoms with E-state index in [1.54, 1.807) is 26.4 Å². The first-order valence-electron chi connectivity index (χ1n) is 8.32. The average Bonchev–Trinajstić information content (AvgIpc) is 2.59. The van der Waals surface area contributed by atoms with Crippen molar-refractivity contribution in [3.05, 3.63) is 29.8 Å². The third kappa shape index (κ3) is 6.76. The van der Waals surface area contributed by atoms with Crippen LogP contribution in [-0.2, 0) is 4.79 Å². The van der Waals surface area contributed by atoms with Gasteiger partial charge in [-0.05, 0) is 36.1 Å². The first-order chi connectivity index (χ1) is 11.1. The summed E-state index contributed by atoms with van der Waals surface area (Å²) in [6, 6.07) is 5.56. The molecule has 4 nitrogen and oxygen atoms in total. The molecule has 23 heavy (non-hydrogen) atoms. The monoisotopic (exact) mass is 319 g/mol. The van der Waals surface area contributed by atoms with E-state index < -0.39 is 0 Å². The SMILES string of the molecule is CCCC[C@H](CC)CNC(=O)/C=C/c1ccc(OC)c(OC)c1. The van der Waals surface area contributed by atoms with Gasteiger partial charge < -0.3 is 14.8 Å². The van der Waals surface area contributed by atoms with Gasteiger partial charge in [0.2, 0.25) is 5.91 Å². The van der Waals surface area contributed by atoms with Gasteiger partial charge in [-0.3, -0.25) is 4.79 Å². The molecule has 0 saturated carbocycles. The smallest absolute Gasteiger partial charge is 0.244 e. The molecule has 0 aromatic heterocycles. The fraction of sp³-hybridized carbons (Fsp3) is 0.526. The van der Waals surface area contributed by atoms with Gasteiger partial charge in [-0.15, -0.1) is 0 Å². The van der Waals surface area contributed by atoms with Crippen LogP contribution in [0.4, 0.5) is 0 Å². The lowest BCUT2D eigenvalue weighted by molar-refractivity contribution is -0.116. The zero-order valence-corrected chi connectivity index (χ0v) is 14.7. The fourth-order valence-electron chi connectivity index (χ4n) is 2.38. The highest BCUT2D eigenvalue weighted by molar-refractivity contribution is 5.91. The largest absolute Gasteiger partial charge is 0.493 e. The van der Waals surface area contributed by atoms with E-state index in [9.17, 15) is 4.79 Å². The summed E-state index contributed by atoms with van der Waals surface area (Å²) in [6.45, 7) is 5.11. The molecule has 1 aromatic rings. The van der Waals surface area contributed by atoms with Crippen molar-refractivity contribution in [3.63, 3.8) is 0 Å². The minimum absolute atomic E-state index is 0.0604. The maximum Gasteiger partial charge on any atom is 0.244 e. The molecule has 0 spiro atoms. The molecular weight excluding hydrogens is 290 g/mol. The summed E-state index contributed by atoms with van der Waals surface area (Å²) in [6.07, 6.45) is 8.03. The molecule has 0 aliphatic heterocycles. The van der Waals surface area contributed by atoms with Crippen LogP contribution in [0.3, 0.4) is 0 Å². The van der Waals surface area contributed by atoms with Crippen molar-refractivity contribution in [2.75, 3.05) is 20.8 Å². The van der Waals surface area contributed by atoms with Gasteiger partial charge in [0.05, 0.1) is 14.2 Å². The van der Waals surface area contributed by atoms with Crippen molar-refractivity contribution in [3.8, 4) is 11.5 Å². The number of amides is 1. The van der Waals surface area contributed by atoms with E-state index in [1.807, 2.05) is 18.2 Å². The van der Waals surface area contributed by atoms with Crippen LogP contribution in [0.25, 0.3) is 6.08 Å². The third-order valence-corrected chi connectivity index (χ3v) is 3.94. The third-order valence-electron chi connectivity index (χ3n) is 3.94. The molecule has 0 aliphatic rings. The summed E-state index contributed by atoms with van der Waals surface area (Å²) >= 11 is 0. The number of carbonyl (C=O) groups is 1. The van der Waals surface area contributed by atoms with Gasteiger partial charge in [0.15, 0.2) is 11.5 Å². The number of unbranched alkanes of at least 4 members (excludes halogenated alkanes) is 1. The molecule has 0 fully saturated rings. The molecule has 1 aromatic carbocycles. The molecule has 0 heterocycles. The van der Waals surface area contributed by atoms with Crippen molar-refractivity contribution in [1.29, 1.82) is 0 Å². The van der Waals surface area contributed by atoms with E-state index in [2.05, 4.69) is 19.2 Å². The van der Waals surface area contributed by atoms with Gasteiger partial charge in [-0.2, -0.15) is 0 Å². The second kappa shape index (κ2) is 10.7. The van der Waals surface area contributed by atoms with Gasteiger partial charge in [0.1, 0.15) is 0 Å². The van der Waals surface area contributed by atoms with E-state index in [0.29, 0.717) is 17.4 Å². The van der Waals surface area contributed by atoms with Gasteiger partial charge in [0, 0.05) is 12.6 Å². The number of nitrogens with one attached hydrogen (secondary N) is 1. The Morgan fingerprint density at radius 3 is 2.57 bits per heavy atom. The lowest BCUT2D eigenvalue weighted by atomic mass is 9.99. The molecule has 0 saturated heterocycles. The van der Waals surface area contributed by atoms with E-state index in [-0.39, 0.29) is 5.91 Å². The van der Waals surface area contributed by atoms with Crippen molar-refractivity contribution in [2.45, 2.75) is 39.5 Å². The topological polar surface area (TPSA) is 47.6 Å². The lowest BCUT2D eigenvalue weighted by Crippen LogP contribution is -2.27. The number of methoxy groups -OCH3 is 2. The Labute approximate surface area is 139 Å². The first kappa shape index (κ1) is 19.1. The van der Waals surface area contributed by atoms with Crippen LogP contribution in [0, 0.1) is 5.92 Å². The van der Waals surface area contributed by atoms with Crippen molar-refractivity contribution in [2.24, 2.45) is 5.92 Å². The van der Waals surface area contributed by atoms with E-state index >= 15 is 0 Å². The number of ether oxygens (including phenoxy) is 2. The zero-order valence-electron chi connectivity index (χ0n) is 14.7. The summed E-state index contributed by atoms with van der Waals surface area (Å²) in [5.41, 5.74) is 0.899. The Balaban J connectivity index is 2.54. The van der Waals surface area contributed by atoms with Crippen LogP contribution in [0.2, 0.25) is 0 Å². The predicted octanol–water partition coefficient (Wildman–Crippen LogP) is 4.05. The quantitative estimate of drug-likeness (QED) is 0.662. The molecule has 0 bridgehead atoms. The summed E-state index contributed by atoms with van der Waals surface area (Å²) in [4.78, 5) is 11.9. The van der Waals surface area contributed by atoms with E-state index in [1.165, 1.54) is 19.3 Å². The molecular formula is C19H29NO3. The second-order valence-electron chi connectivity index (χ2n) is 5.61. The maximum atomic E-state index is 11.9. The molecule has 1 rings (SSSR count). The van der Waals surface area contributed by atoms with Crippen molar-refractivity contribution >= 4 is 12.0 Å². The average molecular weight is 319 g/mol. The summed E-state index contributed by atoms with van der Waals surface area (Å²) in [5.74, 6) is 1.83. The number of hydrogen-bond acceptors (Lipinski definition) is 3. The second-order valence-corrected chi connectivity index (χ2v) is 5.61. The van der Waals surface area contributed by atoms with Crippen LogP contribution >= 0.6 is 0 Å². The fourth-order valence-corrected chi connectivity index (χ4v) is 2.38. The molecule has 0 radical (unpaired) electrons. The summed E-state index contributed by atoms with van der Waals surface area (Å²) < 4.78 is 10.5. The van der Waals surface area contributed by atoms with Gasteiger partial charge >= 0.3 is 0 Å². The molecule has 4 heteroatoms. The van der Waals surface area contributed by atoms with Gasteiger partial charge in [0.25, 0.3) is 0 Å². The Morgan fingerprint density at radius 2 is 1.96 bits per heavy atom. The number of hydrogen-bond donors (Lipinski definition) is 1. The standard InChI is InChI=1S/C19H29NO3/c1-5-7-8-15(6-2)14-20-19(21)12-10-16-9-11-17(22-3)18(13-16)23-4/h9-13,15H,5-8,14H2,1-4H3,(H,20,21)/b12-10+/t15-/m0/s1. The molecule has 0 unspecified atom stereocenters. The normalized spacial score (nSPS) is 12.2. The first-order valence-corrected chi connectivity index (χ1v) is 8.32. The van der Waals surface area contributed by atoms with Crippen LogP contribution in [0.1, 0.15) is 45.1 Å². The minimum Gasteiger partial charge on any atom is -0.493 e. The Hall–Kier alpha value is -1.97. The summed E-state index contributed by atoms with van der Waals surface area (Å²) in [5, 5.41) is 2.98. The molecule has 128 valence electrons. The number of carbonyl (C=O) groups excluding carboxylic acids is 1. The highest BCUT2D eigenvalue weighted by atomic mass is 16.5. The molecule has 0 aliphatic carbocycles. The number of rotatable bonds is 10. The van der Waals surface area contributed by atoms with Crippen LogP contribution in [-0.4, -0.2) is 26.7 Å². The van der Waals surface area contributed by atoms with E-state index in [0.717, 1.165) is 18.5 Å². The van der Waals surface area contributed by atoms with Crippen molar-refractivity contribution in [1.82, 2.24) is 5.32 Å². The Bertz CT molecular complexity index is 511. The van der Waals surface area contributed by atoms with Gasteiger partial charge in [-0.1, -0.05) is 39.2 Å². The maximum absolute atomic E-state index is 11.9. The number of benzene rings is 1. The van der Waals surface area contributed by atoms with Crippen LogP contribution in [0.5, 0.6) is 11.5 Å². The summed E-state index contributed by atoms with van der Waals surface area (Å²) in [7, 11) is 3.20. The lowest BCUT2D eigenvalue weighted by Gasteiger charge is -2.14. The Morgan fingerprint density at radius 1 is 1.22 bits per heavy atom. The minimum atomic E-state index is -0.0604. The van der Waals surface area contributed by atoms with Crippen LogP contribution in [0.15, 0.2) is 24.3 Å². The highest BCUT2D eigenvalue weighted by Crippen LogP contribution is 2.27. The Kier molecular flexibility index (Phi) is 8.88. The van der Waals surface area contributed by atoms with Crippen molar-refractivity contribution < 1.29 is 14.3 Å². The zero-order chi connectivity index (χ0) is 17.1.